The molecule has 1 aromatic heterocycles. The lowest BCUT2D eigenvalue weighted by Crippen LogP contribution is -2.11. The second kappa shape index (κ2) is 3.69. The summed E-state index contributed by atoms with van der Waals surface area (Å²) in [6.45, 7) is 0. The van der Waals surface area contributed by atoms with E-state index in [1.54, 1.807) is 0 Å². The van der Waals surface area contributed by atoms with Crippen molar-refractivity contribution in [1.82, 2.24) is 10.2 Å². The highest BCUT2D eigenvalue weighted by molar-refractivity contribution is 5.73. The van der Waals surface area contributed by atoms with E-state index in [-0.39, 0.29) is 18.5 Å². The van der Waals surface area contributed by atoms with Crippen molar-refractivity contribution in [3.8, 4) is 0 Å². The molecule has 0 aromatic carbocycles. The number of nitrogens with two attached hydrogens (primary N) is 1. The average molecular weight is 207 g/mol. The number of halogens is 3. The zero-order chi connectivity index (χ0) is 10.8. The van der Waals surface area contributed by atoms with Gasteiger partial charge in [0.2, 0.25) is 5.91 Å². The highest BCUT2D eigenvalue weighted by Gasteiger charge is 2.33. The molecule has 0 fully saturated rings. The summed E-state index contributed by atoms with van der Waals surface area (Å²) in [6.07, 6.45) is -4.32. The van der Waals surface area contributed by atoms with Gasteiger partial charge in [-0.05, 0) is 12.5 Å². The van der Waals surface area contributed by atoms with E-state index in [1.807, 2.05) is 0 Å². The average Bonchev–Trinajstić information content (AvgIpc) is 2.47. The van der Waals surface area contributed by atoms with Gasteiger partial charge >= 0.3 is 6.18 Å². The predicted molar refractivity (Wildman–Crippen MR) is 41.1 cm³/mol. The fraction of sp³-hybridized carbons (Fsp3) is 0.429. The van der Waals surface area contributed by atoms with Gasteiger partial charge < -0.3 is 5.73 Å². The van der Waals surface area contributed by atoms with E-state index in [2.05, 4.69) is 10.2 Å². The number of aromatic amines is 1. The maximum absolute atomic E-state index is 12.0. The number of hydrogen-bond acceptors (Lipinski definition) is 2. The molecule has 0 aliphatic carbocycles. The molecule has 0 saturated carbocycles. The Balaban J connectivity index is 2.64. The van der Waals surface area contributed by atoms with Gasteiger partial charge in [-0.3, -0.25) is 9.89 Å². The minimum absolute atomic E-state index is 0.000505. The quantitative estimate of drug-likeness (QED) is 0.771. The Morgan fingerprint density at radius 2 is 2.21 bits per heavy atom. The van der Waals surface area contributed by atoms with Crippen LogP contribution in [0.2, 0.25) is 0 Å². The van der Waals surface area contributed by atoms with Crippen LogP contribution in [0.3, 0.4) is 0 Å². The maximum Gasteiger partial charge on any atom is 0.435 e. The highest BCUT2D eigenvalue weighted by atomic mass is 19.4. The van der Waals surface area contributed by atoms with E-state index in [0.29, 0.717) is 0 Å². The molecule has 0 radical (unpaired) electrons. The Labute approximate surface area is 77.3 Å². The lowest BCUT2D eigenvalue weighted by molar-refractivity contribution is -0.141. The van der Waals surface area contributed by atoms with E-state index in [4.69, 9.17) is 5.73 Å². The van der Waals surface area contributed by atoms with Crippen LogP contribution >= 0.6 is 0 Å². The van der Waals surface area contributed by atoms with Crippen molar-refractivity contribution in [2.45, 2.75) is 19.0 Å². The summed E-state index contributed by atoms with van der Waals surface area (Å²) in [4.78, 5) is 10.3. The number of H-pyrrole nitrogens is 1. The summed E-state index contributed by atoms with van der Waals surface area (Å²) in [6, 6.07) is 0.864. The molecule has 1 aromatic rings. The van der Waals surface area contributed by atoms with E-state index in [0.717, 1.165) is 6.07 Å². The Morgan fingerprint density at radius 3 is 2.64 bits per heavy atom. The molecule has 0 unspecified atom stereocenters. The van der Waals surface area contributed by atoms with E-state index in [1.165, 1.54) is 0 Å². The summed E-state index contributed by atoms with van der Waals surface area (Å²) >= 11 is 0. The molecule has 0 spiro atoms. The van der Waals surface area contributed by atoms with Crippen molar-refractivity contribution >= 4 is 5.91 Å². The monoisotopic (exact) mass is 207 g/mol. The number of carbonyl (C=O) groups is 1. The topological polar surface area (TPSA) is 71.8 Å². The number of hydrogen-bond donors (Lipinski definition) is 2. The van der Waals surface area contributed by atoms with Gasteiger partial charge in [-0.15, -0.1) is 0 Å². The summed E-state index contributed by atoms with van der Waals surface area (Å²) in [5.74, 6) is -0.562. The van der Waals surface area contributed by atoms with Gasteiger partial charge in [0.25, 0.3) is 0 Å². The Bertz CT molecular complexity index is 331. The largest absolute Gasteiger partial charge is 0.435 e. The minimum atomic E-state index is -4.46. The lowest BCUT2D eigenvalue weighted by atomic mass is 10.2. The van der Waals surface area contributed by atoms with Crippen LogP contribution in [0, 0.1) is 0 Å². The first-order valence-electron chi connectivity index (χ1n) is 3.79. The number of nitrogens with one attached hydrogen (secondary N) is 1. The maximum atomic E-state index is 12.0. The predicted octanol–water partition coefficient (Wildman–Crippen LogP) is 0.846. The zero-order valence-electron chi connectivity index (χ0n) is 7.06. The third-order valence-electron chi connectivity index (χ3n) is 1.56. The molecule has 0 saturated heterocycles. The fourth-order valence-corrected chi connectivity index (χ4v) is 0.893. The van der Waals surface area contributed by atoms with Gasteiger partial charge in [-0.1, -0.05) is 0 Å². The Hall–Kier alpha value is -1.53. The molecule has 0 aliphatic heterocycles. The van der Waals surface area contributed by atoms with Crippen molar-refractivity contribution in [2.24, 2.45) is 5.73 Å². The molecule has 1 heterocycles. The molecule has 14 heavy (non-hydrogen) atoms. The zero-order valence-corrected chi connectivity index (χ0v) is 7.06. The summed E-state index contributed by atoms with van der Waals surface area (Å²) in [7, 11) is 0. The number of aromatic nitrogens is 2. The normalized spacial score (nSPS) is 11.6. The molecule has 0 aliphatic rings. The first-order valence-corrected chi connectivity index (χ1v) is 3.79. The molecule has 0 bridgehead atoms. The van der Waals surface area contributed by atoms with Gasteiger partial charge in [0.15, 0.2) is 5.69 Å². The number of primary amides is 1. The van der Waals surface area contributed by atoms with Crippen LogP contribution in [0.1, 0.15) is 17.8 Å². The van der Waals surface area contributed by atoms with Crippen LogP contribution < -0.4 is 5.73 Å². The third kappa shape index (κ3) is 2.75. The van der Waals surface area contributed by atoms with Crippen molar-refractivity contribution in [3.05, 3.63) is 17.5 Å². The molecular weight excluding hydrogens is 199 g/mol. The first-order chi connectivity index (χ1) is 6.39. The van der Waals surface area contributed by atoms with Crippen LogP contribution in [-0.2, 0) is 17.4 Å². The number of rotatable bonds is 3. The Morgan fingerprint density at radius 1 is 1.57 bits per heavy atom. The minimum Gasteiger partial charge on any atom is -0.370 e. The van der Waals surface area contributed by atoms with Gasteiger partial charge in [0.1, 0.15) is 0 Å². The van der Waals surface area contributed by atoms with Gasteiger partial charge in [0.05, 0.1) is 0 Å². The number of carbonyl (C=O) groups excluding carboxylic acids is 1. The molecule has 78 valence electrons. The summed E-state index contributed by atoms with van der Waals surface area (Å²) in [5.41, 5.74) is 4.09. The molecular formula is C7H8F3N3O. The Kier molecular flexibility index (Phi) is 2.78. The molecule has 7 heteroatoms. The molecule has 4 nitrogen and oxygen atoms in total. The number of amides is 1. The van der Waals surface area contributed by atoms with Crippen molar-refractivity contribution in [2.75, 3.05) is 0 Å². The van der Waals surface area contributed by atoms with E-state index >= 15 is 0 Å². The number of aryl methyl sites for hydroxylation is 1. The first kappa shape index (κ1) is 10.6. The summed E-state index contributed by atoms with van der Waals surface area (Å²) < 4.78 is 36.1. The standard InChI is InChI=1S/C7H8F3N3O/c8-7(9,10)5-3-4(12-13-5)1-2-6(11)14/h3H,1-2H2,(H2,11,14)(H,12,13). The third-order valence-corrected chi connectivity index (χ3v) is 1.56. The fourth-order valence-electron chi connectivity index (χ4n) is 0.893. The SMILES string of the molecule is NC(=O)CCc1cc(C(F)(F)F)n[nH]1. The van der Waals surface area contributed by atoms with Crippen molar-refractivity contribution in [3.63, 3.8) is 0 Å². The number of nitrogens with zero attached hydrogens (tertiary/aromatic N) is 1. The van der Waals surface area contributed by atoms with Crippen LogP contribution in [0.4, 0.5) is 13.2 Å². The second-order valence-corrected chi connectivity index (χ2v) is 2.74. The van der Waals surface area contributed by atoms with Crippen LogP contribution in [0.5, 0.6) is 0 Å². The molecule has 0 atom stereocenters. The van der Waals surface area contributed by atoms with Gasteiger partial charge in [0, 0.05) is 12.1 Å². The highest BCUT2D eigenvalue weighted by Crippen LogP contribution is 2.27. The molecule has 3 N–H and O–H groups in total. The van der Waals surface area contributed by atoms with Crippen molar-refractivity contribution < 1.29 is 18.0 Å². The van der Waals surface area contributed by atoms with Gasteiger partial charge in [-0.2, -0.15) is 18.3 Å². The van der Waals surface area contributed by atoms with E-state index < -0.39 is 17.8 Å². The smallest absolute Gasteiger partial charge is 0.370 e. The van der Waals surface area contributed by atoms with Gasteiger partial charge in [-0.25, -0.2) is 0 Å². The van der Waals surface area contributed by atoms with Crippen LogP contribution in [0.25, 0.3) is 0 Å². The summed E-state index contributed by atoms with van der Waals surface area (Å²) in [5, 5.41) is 5.25. The molecule has 1 amide bonds. The molecule has 1 rings (SSSR count). The van der Waals surface area contributed by atoms with Crippen LogP contribution in [0.15, 0.2) is 6.07 Å². The van der Waals surface area contributed by atoms with Crippen LogP contribution in [-0.4, -0.2) is 16.1 Å². The lowest BCUT2D eigenvalue weighted by Gasteiger charge is -1.98. The van der Waals surface area contributed by atoms with Crippen molar-refractivity contribution in [1.29, 1.82) is 0 Å². The van der Waals surface area contributed by atoms with E-state index in [9.17, 15) is 18.0 Å². The second-order valence-electron chi connectivity index (χ2n) is 2.74. The number of alkyl halides is 3.